The van der Waals surface area contributed by atoms with Gasteiger partial charge in [-0.05, 0) is 65.8 Å². The van der Waals surface area contributed by atoms with Crippen LogP contribution in [0.4, 0.5) is 4.79 Å². The number of likely N-dealkylation sites (tertiary alicyclic amines) is 1. The number of hydrogen-bond acceptors (Lipinski definition) is 5. The Bertz CT molecular complexity index is 817. The van der Waals surface area contributed by atoms with E-state index in [2.05, 4.69) is 25.7 Å². The largest absolute Gasteiger partial charge is 0.333 e. The molecule has 8 heteroatoms. The standard InChI is InChI=1S/C19H28N6O2/c1-13(17(26)20-18(27)21-19(2,3)4)24-11-8-14(9-12-24)16-23-22-15-7-5-6-10-25(15)16/h5-7,10,13-14H,8-9,11-12H2,1-4H3,(H2,20,21,26,27). The highest BCUT2D eigenvalue weighted by atomic mass is 16.2. The predicted octanol–water partition coefficient (Wildman–Crippen LogP) is 1.92. The zero-order valence-electron chi connectivity index (χ0n) is 16.4. The normalized spacial score (nSPS) is 17.6. The first-order chi connectivity index (χ1) is 12.7. The van der Waals surface area contributed by atoms with Crippen molar-refractivity contribution in [2.75, 3.05) is 13.1 Å². The van der Waals surface area contributed by atoms with Gasteiger partial charge in [0.1, 0.15) is 5.82 Å². The second-order valence-corrected chi connectivity index (χ2v) is 8.17. The van der Waals surface area contributed by atoms with Gasteiger partial charge in [0.25, 0.3) is 0 Å². The number of aromatic nitrogens is 3. The van der Waals surface area contributed by atoms with E-state index in [1.807, 2.05) is 56.5 Å². The predicted molar refractivity (Wildman–Crippen MR) is 102 cm³/mol. The van der Waals surface area contributed by atoms with Gasteiger partial charge in [-0.15, -0.1) is 10.2 Å². The van der Waals surface area contributed by atoms with Gasteiger partial charge in [-0.2, -0.15) is 0 Å². The Kier molecular flexibility index (Phi) is 5.46. The number of urea groups is 1. The maximum absolute atomic E-state index is 12.4. The Morgan fingerprint density at radius 2 is 1.89 bits per heavy atom. The lowest BCUT2D eigenvalue weighted by Crippen LogP contribution is -2.54. The van der Waals surface area contributed by atoms with Crippen molar-refractivity contribution in [3.63, 3.8) is 0 Å². The van der Waals surface area contributed by atoms with Crippen LogP contribution in [0.1, 0.15) is 52.3 Å². The molecule has 0 aliphatic carbocycles. The van der Waals surface area contributed by atoms with Crippen LogP contribution in [-0.2, 0) is 4.79 Å². The molecule has 2 N–H and O–H groups in total. The van der Waals surface area contributed by atoms with Crippen LogP contribution < -0.4 is 10.6 Å². The van der Waals surface area contributed by atoms with Crippen LogP contribution in [-0.4, -0.2) is 56.1 Å². The monoisotopic (exact) mass is 372 g/mol. The van der Waals surface area contributed by atoms with Crippen molar-refractivity contribution >= 4 is 17.6 Å². The molecule has 27 heavy (non-hydrogen) atoms. The Balaban J connectivity index is 1.55. The molecule has 1 fully saturated rings. The Morgan fingerprint density at radius 3 is 2.56 bits per heavy atom. The number of carbonyl (C=O) groups is 2. The molecule has 8 nitrogen and oxygen atoms in total. The lowest BCUT2D eigenvalue weighted by molar-refractivity contribution is -0.125. The van der Waals surface area contributed by atoms with E-state index < -0.39 is 6.03 Å². The summed E-state index contributed by atoms with van der Waals surface area (Å²) in [6.07, 6.45) is 3.80. The molecule has 0 aromatic carbocycles. The number of imide groups is 1. The lowest BCUT2D eigenvalue weighted by atomic mass is 9.95. The summed E-state index contributed by atoms with van der Waals surface area (Å²) >= 11 is 0. The zero-order chi connectivity index (χ0) is 19.6. The van der Waals surface area contributed by atoms with Gasteiger partial charge in [-0.3, -0.25) is 19.4 Å². The number of hydrogen-bond donors (Lipinski definition) is 2. The van der Waals surface area contributed by atoms with E-state index in [4.69, 9.17) is 0 Å². The van der Waals surface area contributed by atoms with Gasteiger partial charge in [0.2, 0.25) is 5.91 Å². The van der Waals surface area contributed by atoms with Gasteiger partial charge >= 0.3 is 6.03 Å². The third-order valence-electron chi connectivity index (χ3n) is 4.89. The first kappa shape index (κ1) is 19.3. The molecule has 0 radical (unpaired) electrons. The van der Waals surface area contributed by atoms with Crippen molar-refractivity contribution in [1.82, 2.24) is 30.1 Å². The third-order valence-corrected chi connectivity index (χ3v) is 4.89. The van der Waals surface area contributed by atoms with Crippen LogP contribution in [0.3, 0.4) is 0 Å². The van der Waals surface area contributed by atoms with Crippen molar-refractivity contribution in [3.05, 3.63) is 30.2 Å². The lowest BCUT2D eigenvalue weighted by Gasteiger charge is -2.34. The van der Waals surface area contributed by atoms with Gasteiger partial charge in [0.15, 0.2) is 5.65 Å². The summed E-state index contributed by atoms with van der Waals surface area (Å²) in [4.78, 5) is 26.4. The summed E-state index contributed by atoms with van der Waals surface area (Å²) in [5, 5.41) is 13.8. The molecule has 2 aromatic rings. The maximum atomic E-state index is 12.4. The Hall–Kier alpha value is -2.48. The summed E-state index contributed by atoms with van der Waals surface area (Å²) in [5.41, 5.74) is 0.472. The van der Waals surface area contributed by atoms with Gasteiger partial charge in [0.05, 0.1) is 6.04 Å². The van der Waals surface area contributed by atoms with Crippen LogP contribution in [0.5, 0.6) is 0 Å². The molecule has 0 saturated carbocycles. The fourth-order valence-electron chi connectivity index (χ4n) is 3.44. The van der Waals surface area contributed by atoms with Gasteiger partial charge in [-0.1, -0.05) is 6.07 Å². The van der Waals surface area contributed by atoms with Crippen molar-refractivity contribution in [1.29, 1.82) is 0 Å². The van der Waals surface area contributed by atoms with Crippen LogP contribution >= 0.6 is 0 Å². The van der Waals surface area contributed by atoms with Gasteiger partial charge in [0, 0.05) is 17.7 Å². The molecule has 3 rings (SSSR count). The zero-order valence-corrected chi connectivity index (χ0v) is 16.4. The number of carbonyl (C=O) groups excluding carboxylic acids is 2. The smallest absolute Gasteiger partial charge is 0.321 e. The van der Waals surface area contributed by atoms with Crippen molar-refractivity contribution in [2.24, 2.45) is 0 Å². The molecule has 1 atom stereocenters. The molecule has 0 spiro atoms. The van der Waals surface area contributed by atoms with Crippen molar-refractivity contribution in [2.45, 2.75) is 58.0 Å². The summed E-state index contributed by atoms with van der Waals surface area (Å²) < 4.78 is 2.04. The number of pyridine rings is 1. The number of nitrogens with zero attached hydrogens (tertiary/aromatic N) is 4. The van der Waals surface area contributed by atoms with E-state index in [9.17, 15) is 9.59 Å². The van der Waals surface area contributed by atoms with E-state index >= 15 is 0 Å². The van der Waals surface area contributed by atoms with E-state index in [-0.39, 0.29) is 17.5 Å². The van der Waals surface area contributed by atoms with E-state index in [0.29, 0.717) is 5.92 Å². The van der Waals surface area contributed by atoms with Crippen LogP contribution in [0.25, 0.3) is 5.65 Å². The average molecular weight is 372 g/mol. The second kappa shape index (κ2) is 7.64. The number of nitrogens with one attached hydrogen (secondary N) is 2. The summed E-state index contributed by atoms with van der Waals surface area (Å²) in [6, 6.07) is 5.06. The molecule has 1 aliphatic rings. The van der Waals surface area contributed by atoms with Crippen LogP contribution in [0.15, 0.2) is 24.4 Å². The second-order valence-electron chi connectivity index (χ2n) is 8.17. The Labute approximate surface area is 159 Å². The third kappa shape index (κ3) is 4.63. The molecular weight excluding hydrogens is 344 g/mol. The molecule has 0 bridgehead atoms. The molecular formula is C19H28N6O2. The average Bonchev–Trinajstić information content (AvgIpc) is 3.03. The SMILES string of the molecule is CC(C(=O)NC(=O)NC(C)(C)C)N1CCC(c2nnc3ccccn23)CC1. The number of rotatable bonds is 3. The quantitative estimate of drug-likeness (QED) is 0.859. The molecule has 1 saturated heterocycles. The molecule has 3 heterocycles. The fourth-order valence-corrected chi connectivity index (χ4v) is 3.44. The summed E-state index contributed by atoms with van der Waals surface area (Å²) in [7, 11) is 0. The molecule has 146 valence electrons. The summed E-state index contributed by atoms with van der Waals surface area (Å²) in [5.74, 6) is 1.02. The Morgan fingerprint density at radius 1 is 1.19 bits per heavy atom. The van der Waals surface area contributed by atoms with Crippen molar-refractivity contribution < 1.29 is 9.59 Å². The van der Waals surface area contributed by atoms with Crippen molar-refractivity contribution in [3.8, 4) is 0 Å². The number of piperidine rings is 1. The number of fused-ring (bicyclic) bond motifs is 1. The molecule has 3 amide bonds. The molecule has 2 aromatic heterocycles. The summed E-state index contributed by atoms with van der Waals surface area (Å²) in [6.45, 7) is 9.02. The molecule has 1 aliphatic heterocycles. The van der Waals surface area contributed by atoms with Crippen LogP contribution in [0.2, 0.25) is 0 Å². The number of amides is 3. The van der Waals surface area contributed by atoms with E-state index in [0.717, 1.165) is 37.4 Å². The molecule has 1 unspecified atom stereocenters. The highest BCUT2D eigenvalue weighted by molar-refractivity contribution is 5.97. The minimum absolute atomic E-state index is 0.275. The fraction of sp³-hybridized carbons (Fsp3) is 0.579. The van der Waals surface area contributed by atoms with Gasteiger partial charge < -0.3 is 5.32 Å². The van der Waals surface area contributed by atoms with Gasteiger partial charge in [-0.25, -0.2) is 4.79 Å². The first-order valence-electron chi connectivity index (χ1n) is 9.41. The first-order valence-corrected chi connectivity index (χ1v) is 9.41. The minimum Gasteiger partial charge on any atom is -0.333 e. The van der Waals surface area contributed by atoms with Crippen LogP contribution in [0, 0.1) is 0 Å². The minimum atomic E-state index is -0.454. The topological polar surface area (TPSA) is 91.6 Å². The highest BCUT2D eigenvalue weighted by Crippen LogP contribution is 2.27. The maximum Gasteiger partial charge on any atom is 0.321 e. The highest BCUT2D eigenvalue weighted by Gasteiger charge is 2.30. The van der Waals surface area contributed by atoms with E-state index in [1.54, 1.807) is 0 Å². The van der Waals surface area contributed by atoms with E-state index in [1.165, 1.54) is 0 Å².